The van der Waals surface area contributed by atoms with E-state index in [0.717, 1.165) is 57.8 Å². The molecule has 0 fully saturated rings. The molecule has 0 spiro atoms. The van der Waals surface area contributed by atoms with E-state index < -0.39 is 5.97 Å². The summed E-state index contributed by atoms with van der Waals surface area (Å²) in [5.41, 5.74) is 0. The van der Waals surface area contributed by atoms with Crippen molar-refractivity contribution in [3.8, 4) is 0 Å². The van der Waals surface area contributed by atoms with E-state index in [9.17, 15) is 9.59 Å². The number of carboxylic acid groups (broad SMARTS) is 1. The van der Waals surface area contributed by atoms with Crippen LogP contribution in [0.4, 0.5) is 0 Å². The Morgan fingerprint density at radius 3 is 1.45 bits per heavy atom. The fourth-order valence-corrected chi connectivity index (χ4v) is 5.00. The molecule has 1 atom stereocenters. The maximum absolute atomic E-state index is 12.5. The molecule has 0 heterocycles. The molecular weight excluding hydrogens is 472 g/mol. The lowest BCUT2D eigenvalue weighted by atomic mass is 10.0. The van der Waals surface area contributed by atoms with Crippen LogP contribution in [0, 0.1) is 0 Å². The van der Waals surface area contributed by atoms with Gasteiger partial charge >= 0.3 is 11.9 Å². The molecule has 0 aliphatic heterocycles. The van der Waals surface area contributed by atoms with E-state index in [2.05, 4.69) is 26.0 Å². The van der Waals surface area contributed by atoms with Crippen LogP contribution in [-0.2, 0) is 14.3 Å². The standard InChI is InChI=1S/C34H64O4/c1-3-5-7-9-11-13-14-15-16-17-19-21-27-31-34(37)38-32(29-25-22-23-26-30-33(35)36)28-24-20-18-12-10-8-6-4-2/h13-14,32H,3-12,15-31H2,1-2H3,(H,35,36)/b14-13-. The Morgan fingerprint density at radius 2 is 0.947 bits per heavy atom. The van der Waals surface area contributed by atoms with Crippen molar-refractivity contribution in [1.82, 2.24) is 0 Å². The maximum atomic E-state index is 12.5. The highest BCUT2D eigenvalue weighted by atomic mass is 16.5. The highest BCUT2D eigenvalue weighted by Crippen LogP contribution is 2.18. The number of carboxylic acids is 1. The molecule has 0 aromatic carbocycles. The summed E-state index contributed by atoms with van der Waals surface area (Å²) in [5, 5.41) is 8.79. The molecule has 0 saturated carbocycles. The lowest BCUT2D eigenvalue weighted by Crippen LogP contribution is -2.18. The summed E-state index contributed by atoms with van der Waals surface area (Å²) < 4.78 is 5.92. The normalized spacial score (nSPS) is 12.3. The number of ether oxygens (including phenoxy) is 1. The first-order valence-corrected chi connectivity index (χ1v) is 16.7. The van der Waals surface area contributed by atoms with Crippen LogP contribution < -0.4 is 0 Å². The molecule has 4 nitrogen and oxygen atoms in total. The van der Waals surface area contributed by atoms with Crippen LogP contribution in [0.3, 0.4) is 0 Å². The molecular formula is C34H64O4. The molecule has 0 aliphatic carbocycles. The highest BCUT2D eigenvalue weighted by Gasteiger charge is 2.14. The van der Waals surface area contributed by atoms with E-state index in [1.54, 1.807) is 0 Å². The van der Waals surface area contributed by atoms with Gasteiger partial charge in [0.15, 0.2) is 0 Å². The predicted octanol–water partition coefficient (Wildman–Crippen LogP) is 11.1. The van der Waals surface area contributed by atoms with Gasteiger partial charge in [0.2, 0.25) is 0 Å². The van der Waals surface area contributed by atoms with E-state index in [0.29, 0.717) is 6.42 Å². The van der Waals surface area contributed by atoms with Crippen molar-refractivity contribution in [2.45, 2.75) is 193 Å². The smallest absolute Gasteiger partial charge is 0.306 e. The molecule has 4 heteroatoms. The van der Waals surface area contributed by atoms with Crippen LogP contribution in [0.25, 0.3) is 0 Å². The Labute approximate surface area is 236 Å². The van der Waals surface area contributed by atoms with Crippen molar-refractivity contribution in [2.24, 2.45) is 0 Å². The Bertz CT molecular complexity index is 543. The Morgan fingerprint density at radius 1 is 0.553 bits per heavy atom. The van der Waals surface area contributed by atoms with Crippen LogP contribution >= 0.6 is 0 Å². The summed E-state index contributed by atoms with van der Waals surface area (Å²) in [4.78, 5) is 23.2. The van der Waals surface area contributed by atoms with Gasteiger partial charge in [0, 0.05) is 12.8 Å². The van der Waals surface area contributed by atoms with Crippen LogP contribution in [0.5, 0.6) is 0 Å². The monoisotopic (exact) mass is 536 g/mol. The molecule has 1 unspecified atom stereocenters. The van der Waals surface area contributed by atoms with Crippen LogP contribution in [0.15, 0.2) is 12.2 Å². The quantitative estimate of drug-likeness (QED) is 0.0563. The summed E-state index contributed by atoms with van der Waals surface area (Å²) >= 11 is 0. The third-order valence-corrected chi connectivity index (χ3v) is 7.49. The molecule has 0 aromatic heterocycles. The topological polar surface area (TPSA) is 63.6 Å². The van der Waals surface area contributed by atoms with Crippen LogP contribution in [0.1, 0.15) is 187 Å². The summed E-state index contributed by atoms with van der Waals surface area (Å²) in [6.45, 7) is 4.51. The minimum absolute atomic E-state index is 0.0218. The predicted molar refractivity (Wildman–Crippen MR) is 163 cm³/mol. The summed E-state index contributed by atoms with van der Waals surface area (Å²) in [7, 11) is 0. The first-order chi connectivity index (χ1) is 18.6. The summed E-state index contributed by atoms with van der Waals surface area (Å²) in [6.07, 6.45) is 35.0. The number of unbranched alkanes of at least 4 members (excludes halogenated alkanes) is 19. The number of hydrogen-bond acceptors (Lipinski definition) is 3. The van der Waals surface area contributed by atoms with Gasteiger partial charge in [-0.05, 0) is 64.2 Å². The van der Waals surface area contributed by atoms with Gasteiger partial charge in [0.05, 0.1) is 0 Å². The van der Waals surface area contributed by atoms with E-state index in [1.165, 1.54) is 103 Å². The van der Waals surface area contributed by atoms with Crippen molar-refractivity contribution >= 4 is 11.9 Å². The number of allylic oxidation sites excluding steroid dienone is 2. The minimum atomic E-state index is -0.712. The van der Waals surface area contributed by atoms with Gasteiger partial charge in [-0.2, -0.15) is 0 Å². The van der Waals surface area contributed by atoms with Gasteiger partial charge in [0.25, 0.3) is 0 Å². The fraction of sp³-hybridized carbons (Fsp3) is 0.882. The number of rotatable bonds is 30. The lowest BCUT2D eigenvalue weighted by Gasteiger charge is -2.18. The Hall–Kier alpha value is -1.32. The van der Waals surface area contributed by atoms with Crippen molar-refractivity contribution in [3.63, 3.8) is 0 Å². The maximum Gasteiger partial charge on any atom is 0.306 e. The van der Waals surface area contributed by atoms with Crippen LogP contribution in [0.2, 0.25) is 0 Å². The van der Waals surface area contributed by atoms with Gasteiger partial charge in [-0.25, -0.2) is 0 Å². The highest BCUT2D eigenvalue weighted by molar-refractivity contribution is 5.69. The molecule has 0 rings (SSSR count). The second-order valence-electron chi connectivity index (χ2n) is 11.3. The van der Waals surface area contributed by atoms with Crippen molar-refractivity contribution in [2.75, 3.05) is 0 Å². The number of hydrogen-bond donors (Lipinski definition) is 1. The zero-order chi connectivity index (χ0) is 27.9. The molecule has 0 radical (unpaired) electrons. The van der Waals surface area contributed by atoms with Gasteiger partial charge in [-0.1, -0.05) is 122 Å². The molecule has 0 saturated heterocycles. The SMILES string of the molecule is CCCCCC/C=C\CCCCCCCC(=O)OC(CCCCCCCCCC)CCCCCCC(=O)O. The Balaban J connectivity index is 3.99. The zero-order valence-corrected chi connectivity index (χ0v) is 25.5. The molecule has 1 N–H and O–H groups in total. The van der Waals surface area contributed by atoms with Gasteiger partial charge in [-0.15, -0.1) is 0 Å². The molecule has 0 aromatic rings. The fourth-order valence-electron chi connectivity index (χ4n) is 5.00. The molecule has 0 amide bonds. The number of esters is 1. The van der Waals surface area contributed by atoms with E-state index in [-0.39, 0.29) is 18.5 Å². The van der Waals surface area contributed by atoms with Gasteiger partial charge in [0.1, 0.15) is 6.10 Å². The second kappa shape index (κ2) is 30.2. The number of aliphatic carboxylic acids is 1. The minimum Gasteiger partial charge on any atom is -0.481 e. The van der Waals surface area contributed by atoms with Crippen molar-refractivity contribution < 1.29 is 19.4 Å². The zero-order valence-electron chi connectivity index (χ0n) is 25.5. The number of carbonyl (C=O) groups excluding carboxylic acids is 1. The molecule has 224 valence electrons. The third kappa shape index (κ3) is 29.2. The molecule has 0 aliphatic rings. The number of carbonyl (C=O) groups is 2. The van der Waals surface area contributed by atoms with Gasteiger partial charge < -0.3 is 9.84 Å². The van der Waals surface area contributed by atoms with E-state index >= 15 is 0 Å². The first-order valence-electron chi connectivity index (χ1n) is 16.7. The van der Waals surface area contributed by atoms with Crippen LogP contribution in [-0.4, -0.2) is 23.1 Å². The second-order valence-corrected chi connectivity index (χ2v) is 11.3. The largest absolute Gasteiger partial charge is 0.481 e. The first kappa shape index (κ1) is 36.7. The van der Waals surface area contributed by atoms with E-state index in [4.69, 9.17) is 9.84 Å². The van der Waals surface area contributed by atoms with Crippen molar-refractivity contribution in [3.05, 3.63) is 12.2 Å². The van der Waals surface area contributed by atoms with Crippen molar-refractivity contribution in [1.29, 1.82) is 0 Å². The summed E-state index contributed by atoms with van der Waals surface area (Å²) in [6, 6.07) is 0. The Kier molecular flexibility index (Phi) is 29.2. The average Bonchev–Trinajstić information content (AvgIpc) is 2.89. The average molecular weight is 537 g/mol. The molecule has 38 heavy (non-hydrogen) atoms. The molecule has 0 bridgehead atoms. The lowest BCUT2D eigenvalue weighted by molar-refractivity contribution is -0.150. The van der Waals surface area contributed by atoms with E-state index in [1.807, 2.05) is 0 Å². The summed E-state index contributed by atoms with van der Waals surface area (Å²) in [5.74, 6) is -0.733. The van der Waals surface area contributed by atoms with Gasteiger partial charge in [-0.3, -0.25) is 9.59 Å². The third-order valence-electron chi connectivity index (χ3n) is 7.49.